The van der Waals surface area contributed by atoms with Crippen LogP contribution >= 0.6 is 27.5 Å². The molecule has 1 aliphatic carbocycles. The molecule has 0 amide bonds. The van der Waals surface area contributed by atoms with Crippen molar-refractivity contribution in [2.45, 2.75) is 29.8 Å². The summed E-state index contributed by atoms with van der Waals surface area (Å²) in [7, 11) is -2.06. The Morgan fingerprint density at radius 3 is 2.65 bits per heavy atom. The molecule has 0 saturated heterocycles. The van der Waals surface area contributed by atoms with Crippen molar-refractivity contribution in [3.63, 3.8) is 0 Å². The van der Waals surface area contributed by atoms with Gasteiger partial charge in [-0.3, -0.25) is 4.68 Å². The SMILES string of the molecule is Cn1ncc(Cl)c1S(=O)(=O)NC1(CBr)CCC1. The zero-order chi connectivity index (χ0) is 12.7. The normalized spacial score (nSPS) is 19.0. The first-order valence-electron chi connectivity index (χ1n) is 5.18. The van der Waals surface area contributed by atoms with E-state index >= 15 is 0 Å². The van der Waals surface area contributed by atoms with Crippen molar-refractivity contribution in [3.8, 4) is 0 Å². The second-order valence-corrected chi connectivity index (χ2v) is 6.86. The average molecular weight is 343 g/mol. The van der Waals surface area contributed by atoms with Crippen LogP contribution in [-0.2, 0) is 17.1 Å². The van der Waals surface area contributed by atoms with Crippen molar-refractivity contribution in [1.29, 1.82) is 0 Å². The van der Waals surface area contributed by atoms with Gasteiger partial charge in [-0.2, -0.15) is 5.10 Å². The number of aryl methyl sites for hydroxylation is 1. The molecular weight excluding hydrogens is 330 g/mol. The fourth-order valence-electron chi connectivity index (χ4n) is 1.90. The summed E-state index contributed by atoms with van der Waals surface area (Å²) in [6.07, 6.45) is 4.05. The second-order valence-electron chi connectivity index (χ2n) is 4.29. The van der Waals surface area contributed by atoms with Crippen LogP contribution in [-0.4, -0.2) is 29.1 Å². The van der Waals surface area contributed by atoms with Crippen LogP contribution in [0.2, 0.25) is 5.02 Å². The highest BCUT2D eigenvalue weighted by Crippen LogP contribution is 2.35. The molecule has 17 heavy (non-hydrogen) atoms. The molecule has 1 aromatic heterocycles. The fourth-order valence-corrected chi connectivity index (χ4v) is 4.91. The number of nitrogens with one attached hydrogen (secondary N) is 1. The van der Waals surface area contributed by atoms with Gasteiger partial charge in [-0.15, -0.1) is 0 Å². The molecule has 8 heteroatoms. The van der Waals surface area contributed by atoms with Crippen LogP contribution < -0.4 is 4.72 Å². The topological polar surface area (TPSA) is 64.0 Å². The van der Waals surface area contributed by atoms with E-state index < -0.39 is 10.0 Å². The Morgan fingerprint density at radius 1 is 1.65 bits per heavy atom. The van der Waals surface area contributed by atoms with Gasteiger partial charge in [0, 0.05) is 17.9 Å². The lowest BCUT2D eigenvalue weighted by atomic mass is 9.80. The minimum Gasteiger partial charge on any atom is -0.255 e. The molecule has 1 fully saturated rings. The molecule has 0 aromatic carbocycles. The van der Waals surface area contributed by atoms with Gasteiger partial charge in [0.2, 0.25) is 0 Å². The van der Waals surface area contributed by atoms with E-state index in [2.05, 4.69) is 25.8 Å². The van der Waals surface area contributed by atoms with Crippen molar-refractivity contribution < 1.29 is 8.42 Å². The summed E-state index contributed by atoms with van der Waals surface area (Å²) in [5.74, 6) is 0. The van der Waals surface area contributed by atoms with Crippen LogP contribution in [0, 0.1) is 0 Å². The molecule has 0 spiro atoms. The predicted octanol–water partition coefficient (Wildman–Crippen LogP) is 1.67. The molecule has 0 unspecified atom stereocenters. The zero-order valence-electron chi connectivity index (χ0n) is 9.28. The van der Waals surface area contributed by atoms with Crippen LogP contribution in [0.4, 0.5) is 0 Å². The number of nitrogens with zero attached hydrogens (tertiary/aromatic N) is 2. The van der Waals surface area contributed by atoms with E-state index in [9.17, 15) is 8.42 Å². The Bertz CT molecular complexity index is 499. The minimum absolute atomic E-state index is 0.0198. The van der Waals surface area contributed by atoms with Crippen LogP contribution in [0.25, 0.3) is 0 Å². The van der Waals surface area contributed by atoms with Crippen molar-refractivity contribution in [3.05, 3.63) is 11.2 Å². The lowest BCUT2D eigenvalue weighted by Gasteiger charge is -2.40. The second kappa shape index (κ2) is 4.53. The Labute approximate surface area is 114 Å². The molecule has 0 bridgehead atoms. The van der Waals surface area contributed by atoms with Gasteiger partial charge in [-0.1, -0.05) is 27.5 Å². The summed E-state index contributed by atoms with van der Waals surface area (Å²) in [5, 5.41) is 4.60. The highest BCUT2D eigenvalue weighted by atomic mass is 79.9. The van der Waals surface area contributed by atoms with Crippen molar-refractivity contribution in [2.24, 2.45) is 7.05 Å². The largest absolute Gasteiger partial charge is 0.259 e. The maximum Gasteiger partial charge on any atom is 0.259 e. The molecule has 96 valence electrons. The number of hydrogen-bond acceptors (Lipinski definition) is 3. The molecule has 1 aromatic rings. The Balaban J connectivity index is 2.31. The third kappa shape index (κ3) is 2.38. The van der Waals surface area contributed by atoms with Gasteiger partial charge in [0.1, 0.15) is 0 Å². The van der Waals surface area contributed by atoms with E-state index in [0.717, 1.165) is 19.3 Å². The van der Waals surface area contributed by atoms with Gasteiger partial charge in [0.15, 0.2) is 5.03 Å². The van der Waals surface area contributed by atoms with Gasteiger partial charge >= 0.3 is 0 Å². The molecule has 0 radical (unpaired) electrons. The van der Waals surface area contributed by atoms with E-state index in [0.29, 0.717) is 5.33 Å². The Kier molecular flexibility index (Phi) is 3.55. The number of hydrogen-bond donors (Lipinski definition) is 1. The first-order valence-corrected chi connectivity index (χ1v) is 8.16. The van der Waals surface area contributed by atoms with Crippen LogP contribution in [0.15, 0.2) is 11.2 Å². The minimum atomic E-state index is -3.62. The molecule has 0 aliphatic heterocycles. The first kappa shape index (κ1) is 13.3. The number of aromatic nitrogens is 2. The van der Waals surface area contributed by atoms with Crippen molar-refractivity contribution >= 4 is 37.6 Å². The van der Waals surface area contributed by atoms with Crippen LogP contribution in [0.3, 0.4) is 0 Å². The monoisotopic (exact) mass is 341 g/mol. The number of sulfonamides is 1. The van der Waals surface area contributed by atoms with E-state index in [4.69, 9.17) is 11.6 Å². The van der Waals surface area contributed by atoms with Gasteiger partial charge in [0.25, 0.3) is 10.0 Å². The fraction of sp³-hybridized carbons (Fsp3) is 0.667. The third-order valence-electron chi connectivity index (χ3n) is 3.01. The molecule has 1 heterocycles. The maximum atomic E-state index is 12.2. The molecule has 0 atom stereocenters. The van der Waals surface area contributed by atoms with E-state index in [-0.39, 0.29) is 15.6 Å². The molecule has 1 saturated carbocycles. The summed E-state index contributed by atoms with van der Waals surface area (Å²) in [6, 6.07) is 0. The Hall–Kier alpha value is -0.110. The molecule has 1 N–H and O–H groups in total. The average Bonchev–Trinajstić information content (AvgIpc) is 2.53. The Morgan fingerprint density at radius 2 is 2.29 bits per heavy atom. The van der Waals surface area contributed by atoms with E-state index in [1.807, 2.05) is 0 Å². The summed E-state index contributed by atoms with van der Waals surface area (Å²) >= 11 is 9.20. The van der Waals surface area contributed by atoms with Gasteiger partial charge in [-0.25, -0.2) is 13.1 Å². The predicted molar refractivity (Wildman–Crippen MR) is 68.9 cm³/mol. The third-order valence-corrected chi connectivity index (χ3v) is 6.17. The van der Waals surface area contributed by atoms with Crippen molar-refractivity contribution in [1.82, 2.24) is 14.5 Å². The van der Waals surface area contributed by atoms with Gasteiger partial charge in [0.05, 0.1) is 11.2 Å². The summed E-state index contributed by atoms with van der Waals surface area (Å²) in [6.45, 7) is 0. The number of alkyl halides is 1. The highest BCUT2D eigenvalue weighted by Gasteiger charge is 2.41. The van der Waals surface area contributed by atoms with E-state index in [1.165, 1.54) is 10.9 Å². The zero-order valence-corrected chi connectivity index (χ0v) is 12.4. The standard InChI is InChI=1S/C9H13BrClN3O2S/c1-14-8(7(11)5-12-14)17(15,16)13-9(6-10)3-2-4-9/h5,13H,2-4,6H2,1H3. The van der Waals surface area contributed by atoms with Gasteiger partial charge < -0.3 is 0 Å². The lowest BCUT2D eigenvalue weighted by molar-refractivity contribution is 0.255. The number of rotatable bonds is 4. The summed E-state index contributed by atoms with van der Waals surface area (Å²) in [4.78, 5) is 0. The van der Waals surface area contributed by atoms with Crippen LogP contribution in [0.1, 0.15) is 19.3 Å². The number of halogens is 2. The smallest absolute Gasteiger partial charge is 0.255 e. The molecule has 1 aliphatic rings. The van der Waals surface area contributed by atoms with Crippen LogP contribution in [0.5, 0.6) is 0 Å². The highest BCUT2D eigenvalue weighted by molar-refractivity contribution is 9.09. The van der Waals surface area contributed by atoms with Crippen molar-refractivity contribution in [2.75, 3.05) is 5.33 Å². The first-order chi connectivity index (χ1) is 7.90. The van der Waals surface area contributed by atoms with E-state index in [1.54, 1.807) is 7.05 Å². The summed E-state index contributed by atoms with van der Waals surface area (Å²) in [5.41, 5.74) is -0.369. The molecular formula is C9H13BrClN3O2S. The summed E-state index contributed by atoms with van der Waals surface area (Å²) < 4.78 is 28.4. The maximum absolute atomic E-state index is 12.2. The van der Waals surface area contributed by atoms with Gasteiger partial charge in [-0.05, 0) is 19.3 Å². The quantitative estimate of drug-likeness (QED) is 0.847. The molecule has 5 nitrogen and oxygen atoms in total. The molecule has 2 rings (SSSR count). The lowest BCUT2D eigenvalue weighted by Crippen LogP contribution is -2.54.